The SMILES string of the molecule is CC1(C)OB(c2cc(F)c(N)c(N3CCC(F)(F)C3)c2)OC1(C)C. The second-order valence-corrected chi connectivity index (χ2v) is 7.55. The van der Waals surface area contributed by atoms with Gasteiger partial charge >= 0.3 is 7.12 Å². The van der Waals surface area contributed by atoms with Crippen molar-refractivity contribution in [3.05, 3.63) is 17.9 Å². The first-order valence-electron chi connectivity index (χ1n) is 7.99. The molecule has 2 aliphatic rings. The minimum absolute atomic E-state index is 0.128. The van der Waals surface area contributed by atoms with E-state index < -0.39 is 36.6 Å². The summed E-state index contributed by atoms with van der Waals surface area (Å²) >= 11 is 0. The molecule has 4 nitrogen and oxygen atoms in total. The van der Waals surface area contributed by atoms with Gasteiger partial charge in [0, 0.05) is 13.0 Å². The lowest BCUT2D eigenvalue weighted by atomic mass is 9.78. The molecular formula is C16H22BF3N2O2. The van der Waals surface area contributed by atoms with E-state index in [9.17, 15) is 13.2 Å². The Labute approximate surface area is 140 Å². The number of nitrogen functional groups attached to an aromatic ring is 1. The zero-order valence-corrected chi connectivity index (χ0v) is 14.3. The smallest absolute Gasteiger partial charge is 0.399 e. The third-order valence-corrected chi connectivity index (χ3v) is 5.17. The number of alkyl halides is 2. The molecule has 132 valence electrons. The molecule has 0 radical (unpaired) electrons. The predicted molar refractivity (Wildman–Crippen MR) is 88.3 cm³/mol. The monoisotopic (exact) mass is 342 g/mol. The first-order chi connectivity index (χ1) is 10.9. The van der Waals surface area contributed by atoms with Crippen LogP contribution < -0.4 is 16.1 Å². The summed E-state index contributed by atoms with van der Waals surface area (Å²) in [6.45, 7) is 7.23. The van der Waals surface area contributed by atoms with E-state index in [1.54, 1.807) is 6.07 Å². The lowest BCUT2D eigenvalue weighted by Gasteiger charge is -2.32. The van der Waals surface area contributed by atoms with Crippen molar-refractivity contribution in [3.63, 3.8) is 0 Å². The highest BCUT2D eigenvalue weighted by Crippen LogP contribution is 2.38. The van der Waals surface area contributed by atoms with Crippen LogP contribution in [0.2, 0.25) is 0 Å². The molecule has 2 aliphatic heterocycles. The molecule has 24 heavy (non-hydrogen) atoms. The van der Waals surface area contributed by atoms with Crippen molar-refractivity contribution < 1.29 is 22.5 Å². The van der Waals surface area contributed by atoms with Crippen molar-refractivity contribution in [2.24, 2.45) is 0 Å². The predicted octanol–water partition coefficient (Wildman–Crippen LogP) is 2.55. The van der Waals surface area contributed by atoms with Crippen molar-refractivity contribution in [1.82, 2.24) is 0 Å². The number of hydrogen-bond donors (Lipinski definition) is 1. The molecule has 8 heteroatoms. The average Bonchev–Trinajstić information content (AvgIpc) is 2.89. The summed E-state index contributed by atoms with van der Waals surface area (Å²) in [5.41, 5.74) is 5.20. The van der Waals surface area contributed by atoms with Crippen LogP contribution in [0.1, 0.15) is 34.1 Å². The topological polar surface area (TPSA) is 47.7 Å². The second kappa shape index (κ2) is 5.29. The Balaban J connectivity index is 1.94. The summed E-state index contributed by atoms with van der Waals surface area (Å²) in [6, 6.07) is 2.83. The lowest BCUT2D eigenvalue weighted by Crippen LogP contribution is -2.41. The maximum absolute atomic E-state index is 14.3. The van der Waals surface area contributed by atoms with E-state index in [1.807, 2.05) is 27.7 Å². The van der Waals surface area contributed by atoms with Gasteiger partial charge in [0.1, 0.15) is 5.82 Å². The van der Waals surface area contributed by atoms with Crippen molar-refractivity contribution in [1.29, 1.82) is 0 Å². The van der Waals surface area contributed by atoms with Gasteiger partial charge in [0.05, 0.1) is 29.1 Å². The van der Waals surface area contributed by atoms with Gasteiger partial charge in [-0.05, 0) is 45.3 Å². The first-order valence-corrected chi connectivity index (χ1v) is 7.99. The van der Waals surface area contributed by atoms with Crippen molar-refractivity contribution in [3.8, 4) is 0 Å². The molecule has 2 fully saturated rings. The van der Waals surface area contributed by atoms with E-state index in [4.69, 9.17) is 15.0 Å². The Morgan fingerprint density at radius 3 is 2.21 bits per heavy atom. The Kier molecular flexibility index (Phi) is 3.84. The molecule has 0 spiro atoms. The molecule has 2 N–H and O–H groups in total. The normalized spacial score (nSPS) is 24.6. The van der Waals surface area contributed by atoms with E-state index in [2.05, 4.69) is 0 Å². The molecule has 0 saturated carbocycles. The Morgan fingerprint density at radius 1 is 1.12 bits per heavy atom. The molecule has 2 heterocycles. The van der Waals surface area contributed by atoms with Crippen LogP contribution >= 0.6 is 0 Å². The zero-order chi connectivity index (χ0) is 17.9. The van der Waals surface area contributed by atoms with E-state index in [0.29, 0.717) is 5.46 Å². The third-order valence-electron chi connectivity index (χ3n) is 5.17. The maximum Gasteiger partial charge on any atom is 0.495 e. The van der Waals surface area contributed by atoms with Crippen molar-refractivity contribution in [2.75, 3.05) is 23.7 Å². The highest BCUT2D eigenvalue weighted by Gasteiger charge is 2.52. The van der Waals surface area contributed by atoms with Crippen LogP contribution in [0, 0.1) is 5.82 Å². The summed E-state index contributed by atoms with van der Waals surface area (Å²) in [5, 5.41) is 0. The van der Waals surface area contributed by atoms with Gasteiger partial charge in [-0.25, -0.2) is 13.2 Å². The van der Waals surface area contributed by atoms with E-state index in [-0.39, 0.29) is 24.3 Å². The van der Waals surface area contributed by atoms with Gasteiger partial charge in [0.15, 0.2) is 0 Å². The lowest BCUT2D eigenvalue weighted by molar-refractivity contribution is 0.00578. The van der Waals surface area contributed by atoms with Crippen LogP contribution in [0.15, 0.2) is 12.1 Å². The molecule has 1 aromatic carbocycles. The molecule has 3 rings (SSSR count). The second-order valence-electron chi connectivity index (χ2n) is 7.55. The van der Waals surface area contributed by atoms with Crippen molar-refractivity contribution in [2.45, 2.75) is 51.2 Å². The summed E-state index contributed by atoms with van der Waals surface area (Å²) in [6.07, 6.45) is -0.269. The number of halogens is 3. The zero-order valence-electron chi connectivity index (χ0n) is 14.3. The van der Waals surface area contributed by atoms with Crippen molar-refractivity contribution >= 4 is 24.0 Å². The highest BCUT2D eigenvalue weighted by atomic mass is 19.3. The van der Waals surface area contributed by atoms with Crippen LogP contribution in [-0.4, -0.2) is 37.3 Å². The molecule has 0 bridgehead atoms. The summed E-state index contributed by atoms with van der Waals surface area (Å²) in [7, 11) is -0.771. The Bertz CT molecular complexity index is 651. The van der Waals surface area contributed by atoms with Crippen LogP contribution in [-0.2, 0) is 9.31 Å². The number of anilines is 2. The van der Waals surface area contributed by atoms with Gasteiger partial charge < -0.3 is 19.9 Å². The fourth-order valence-corrected chi connectivity index (χ4v) is 2.94. The molecule has 0 aromatic heterocycles. The fraction of sp³-hybridized carbons (Fsp3) is 0.625. The maximum atomic E-state index is 14.3. The van der Waals surface area contributed by atoms with E-state index >= 15 is 0 Å². The number of rotatable bonds is 2. The third kappa shape index (κ3) is 2.86. The Morgan fingerprint density at radius 2 is 1.71 bits per heavy atom. The van der Waals surface area contributed by atoms with Crippen LogP contribution in [0.3, 0.4) is 0 Å². The number of nitrogens with two attached hydrogens (primary N) is 1. The minimum atomic E-state index is -2.79. The first kappa shape index (κ1) is 17.4. The Hall–Kier alpha value is -1.41. The summed E-state index contributed by atoms with van der Waals surface area (Å²) in [5.74, 6) is -3.45. The van der Waals surface area contributed by atoms with E-state index in [1.165, 1.54) is 11.0 Å². The fourth-order valence-electron chi connectivity index (χ4n) is 2.94. The average molecular weight is 342 g/mol. The summed E-state index contributed by atoms with van der Waals surface area (Å²) in [4.78, 5) is 1.41. The van der Waals surface area contributed by atoms with Gasteiger partial charge in [-0.1, -0.05) is 0 Å². The summed E-state index contributed by atoms with van der Waals surface area (Å²) < 4.78 is 53.1. The number of hydrogen-bond acceptors (Lipinski definition) is 4. The number of nitrogens with zero attached hydrogens (tertiary/aromatic N) is 1. The molecule has 0 atom stereocenters. The van der Waals surface area contributed by atoms with E-state index in [0.717, 1.165) is 0 Å². The molecular weight excluding hydrogens is 320 g/mol. The minimum Gasteiger partial charge on any atom is -0.399 e. The van der Waals surface area contributed by atoms with Gasteiger partial charge in [-0.15, -0.1) is 0 Å². The molecule has 1 aromatic rings. The van der Waals surface area contributed by atoms with Crippen LogP contribution in [0.4, 0.5) is 24.5 Å². The molecule has 0 amide bonds. The van der Waals surface area contributed by atoms with Crippen LogP contribution in [0.5, 0.6) is 0 Å². The highest BCUT2D eigenvalue weighted by molar-refractivity contribution is 6.62. The van der Waals surface area contributed by atoms with Gasteiger partial charge in [0.2, 0.25) is 0 Å². The number of benzene rings is 1. The standard InChI is InChI=1S/C16H22BF3N2O2/c1-14(2)15(3,4)24-17(23-14)10-7-11(18)13(21)12(8-10)22-6-5-16(19,20)9-22/h7-8H,5-6,9,21H2,1-4H3. The molecule has 0 unspecified atom stereocenters. The molecule has 0 aliphatic carbocycles. The van der Waals surface area contributed by atoms with Gasteiger partial charge in [-0.2, -0.15) is 0 Å². The van der Waals surface area contributed by atoms with Gasteiger partial charge in [-0.3, -0.25) is 0 Å². The quantitative estimate of drug-likeness (QED) is 0.663. The molecule has 2 saturated heterocycles. The largest absolute Gasteiger partial charge is 0.495 e. The van der Waals surface area contributed by atoms with Crippen LogP contribution in [0.25, 0.3) is 0 Å². The van der Waals surface area contributed by atoms with Gasteiger partial charge in [0.25, 0.3) is 5.92 Å².